The molecule has 2 aliphatic rings. The number of amides is 1. The summed E-state index contributed by atoms with van der Waals surface area (Å²) in [5.74, 6) is 6.10. The number of rotatable bonds is 5. The first kappa shape index (κ1) is 24.0. The third kappa shape index (κ3) is 4.02. The number of aromatic nitrogens is 2. The van der Waals surface area contributed by atoms with Crippen molar-refractivity contribution in [1.29, 1.82) is 0 Å². The van der Waals surface area contributed by atoms with Crippen LogP contribution in [0.3, 0.4) is 0 Å². The molecule has 2 aromatic heterocycles. The lowest BCUT2D eigenvalue weighted by Crippen LogP contribution is -2.64. The van der Waals surface area contributed by atoms with Gasteiger partial charge in [0.2, 0.25) is 6.41 Å². The summed E-state index contributed by atoms with van der Waals surface area (Å²) < 4.78 is 27.5. The largest absolute Gasteiger partial charge is 0.489 e. The van der Waals surface area contributed by atoms with E-state index in [1.807, 2.05) is 21.1 Å². The minimum atomic E-state index is -0.456. The second-order valence-electron chi connectivity index (χ2n) is 9.52. The Bertz CT molecular complexity index is 1380. The Morgan fingerprint density at radius 1 is 1.19 bits per heavy atom. The Hall–Kier alpha value is -3.74. The van der Waals surface area contributed by atoms with Gasteiger partial charge in [0, 0.05) is 44.9 Å². The first-order chi connectivity index (χ1) is 17.3. The second kappa shape index (κ2) is 9.37. The van der Waals surface area contributed by atoms with Gasteiger partial charge in [-0.2, -0.15) is 0 Å². The fourth-order valence-corrected chi connectivity index (χ4v) is 4.54. The van der Waals surface area contributed by atoms with E-state index in [2.05, 4.69) is 31.6 Å². The van der Waals surface area contributed by atoms with Crippen molar-refractivity contribution in [2.45, 2.75) is 12.0 Å². The van der Waals surface area contributed by atoms with Gasteiger partial charge in [0.15, 0.2) is 0 Å². The first-order valence-electron chi connectivity index (χ1n) is 11.7. The Morgan fingerprint density at radius 3 is 2.64 bits per heavy atom. The molecule has 2 aliphatic heterocycles. The summed E-state index contributed by atoms with van der Waals surface area (Å²) in [6.07, 6.45) is 4.68. The molecular weight excluding hydrogens is 461 g/mol. The van der Waals surface area contributed by atoms with Crippen LogP contribution in [-0.2, 0) is 9.53 Å². The summed E-state index contributed by atoms with van der Waals surface area (Å²) in [7, 11) is 7.62. The molecule has 1 amide bonds. The maximum atomic E-state index is 15.6. The van der Waals surface area contributed by atoms with Gasteiger partial charge < -0.3 is 24.2 Å². The standard InChI is InChI=1S/C27H28FN5O3/c1-31(2)10-6-5-7-19-9-8-18(12-29-19)23-20(28)11-21-24-25(22(13-30-21)32(3)17-34)33(4)27(14-35-15-27)16-36-26(23)24/h8-9,11-13,17H,6,10,14-16H2,1-4H3. The molecule has 0 radical (unpaired) electrons. The van der Waals surface area contributed by atoms with Crippen LogP contribution >= 0.6 is 0 Å². The summed E-state index contributed by atoms with van der Waals surface area (Å²) in [6.45, 7) is 2.10. The fraction of sp³-hybridized carbons (Fsp3) is 0.370. The molecule has 0 unspecified atom stereocenters. The van der Waals surface area contributed by atoms with Crippen molar-refractivity contribution in [3.63, 3.8) is 0 Å². The van der Waals surface area contributed by atoms with Crippen LogP contribution in [-0.4, -0.2) is 81.4 Å². The van der Waals surface area contributed by atoms with Gasteiger partial charge in [0.1, 0.15) is 29.4 Å². The van der Waals surface area contributed by atoms with Crippen LogP contribution < -0.4 is 14.5 Å². The zero-order valence-corrected chi connectivity index (χ0v) is 20.8. The highest BCUT2D eigenvalue weighted by atomic mass is 19.1. The van der Waals surface area contributed by atoms with E-state index in [0.29, 0.717) is 59.0 Å². The smallest absolute Gasteiger partial charge is 0.213 e. The van der Waals surface area contributed by atoms with Crippen LogP contribution in [0.1, 0.15) is 12.1 Å². The number of hydrogen-bond acceptors (Lipinski definition) is 7. The highest BCUT2D eigenvalue weighted by Crippen LogP contribution is 2.50. The van der Waals surface area contributed by atoms with Crippen LogP contribution in [0.25, 0.3) is 22.0 Å². The molecule has 1 saturated heterocycles. The molecule has 3 aromatic rings. The van der Waals surface area contributed by atoms with E-state index in [-0.39, 0.29) is 0 Å². The van der Waals surface area contributed by atoms with E-state index in [1.165, 1.54) is 11.0 Å². The lowest BCUT2D eigenvalue weighted by Gasteiger charge is -2.48. The lowest BCUT2D eigenvalue weighted by atomic mass is 9.95. The number of halogens is 1. The van der Waals surface area contributed by atoms with Crippen molar-refractivity contribution < 1.29 is 18.7 Å². The minimum absolute atomic E-state index is 0.302. The number of ether oxygens (including phenoxy) is 2. The van der Waals surface area contributed by atoms with E-state index in [0.717, 1.165) is 25.1 Å². The maximum Gasteiger partial charge on any atom is 0.213 e. The zero-order chi connectivity index (χ0) is 25.4. The predicted octanol–water partition coefficient (Wildman–Crippen LogP) is 2.93. The van der Waals surface area contributed by atoms with Gasteiger partial charge in [-0.1, -0.05) is 5.92 Å². The first-order valence-corrected chi connectivity index (χ1v) is 11.7. The highest BCUT2D eigenvalue weighted by molar-refractivity contribution is 6.07. The summed E-state index contributed by atoms with van der Waals surface area (Å²) in [5, 5.41) is 0.649. The van der Waals surface area contributed by atoms with Crippen molar-refractivity contribution >= 4 is 28.7 Å². The summed E-state index contributed by atoms with van der Waals surface area (Å²) >= 11 is 0. The molecule has 1 fully saturated rings. The van der Waals surface area contributed by atoms with E-state index in [9.17, 15) is 4.79 Å². The molecule has 0 N–H and O–H groups in total. The van der Waals surface area contributed by atoms with Gasteiger partial charge in [-0.25, -0.2) is 9.37 Å². The van der Waals surface area contributed by atoms with Crippen molar-refractivity contribution in [1.82, 2.24) is 14.9 Å². The highest BCUT2D eigenvalue weighted by Gasteiger charge is 2.47. The summed E-state index contributed by atoms with van der Waals surface area (Å²) in [5.41, 5.74) is 2.88. The molecule has 5 rings (SSSR count). The number of carbonyl (C=O) groups excluding carboxylic acids is 1. The Kier molecular flexibility index (Phi) is 6.24. The number of nitrogens with zero attached hydrogens (tertiary/aromatic N) is 5. The van der Waals surface area contributed by atoms with Crippen molar-refractivity contribution in [2.24, 2.45) is 0 Å². The van der Waals surface area contributed by atoms with Crippen LogP contribution in [0, 0.1) is 17.7 Å². The number of carbonyl (C=O) groups is 1. The molecule has 186 valence electrons. The van der Waals surface area contributed by atoms with Crippen molar-refractivity contribution in [2.75, 3.05) is 64.4 Å². The number of benzene rings is 1. The van der Waals surface area contributed by atoms with Crippen LogP contribution in [0.2, 0.25) is 0 Å². The van der Waals surface area contributed by atoms with Gasteiger partial charge >= 0.3 is 0 Å². The Morgan fingerprint density at radius 2 is 2.00 bits per heavy atom. The SMILES string of the molecule is CN(C)CCC#Cc1ccc(-c2c(F)cc3ncc(N(C)C=O)c4c3c2OCC2(COC2)N4C)cn1. The van der Waals surface area contributed by atoms with Crippen LogP contribution in [0.15, 0.2) is 30.6 Å². The molecule has 1 aromatic carbocycles. The van der Waals surface area contributed by atoms with Crippen LogP contribution in [0.4, 0.5) is 15.8 Å². The topological polar surface area (TPSA) is 71.0 Å². The minimum Gasteiger partial charge on any atom is -0.489 e. The second-order valence-corrected chi connectivity index (χ2v) is 9.52. The molecule has 0 bridgehead atoms. The third-order valence-corrected chi connectivity index (χ3v) is 6.78. The molecule has 0 saturated carbocycles. The summed E-state index contributed by atoms with van der Waals surface area (Å²) in [6, 6.07) is 5.00. The molecule has 9 heteroatoms. The predicted molar refractivity (Wildman–Crippen MR) is 137 cm³/mol. The van der Waals surface area contributed by atoms with Gasteiger partial charge in [-0.05, 0) is 32.1 Å². The molecule has 36 heavy (non-hydrogen) atoms. The fourth-order valence-electron chi connectivity index (χ4n) is 4.54. The maximum absolute atomic E-state index is 15.6. The molecule has 1 spiro atoms. The van der Waals surface area contributed by atoms with Gasteiger partial charge in [-0.3, -0.25) is 9.78 Å². The third-order valence-electron chi connectivity index (χ3n) is 6.78. The average molecular weight is 490 g/mol. The van der Waals surface area contributed by atoms with E-state index < -0.39 is 11.4 Å². The molecule has 8 nitrogen and oxygen atoms in total. The van der Waals surface area contributed by atoms with E-state index in [1.54, 1.807) is 31.6 Å². The number of pyridine rings is 2. The van der Waals surface area contributed by atoms with E-state index >= 15 is 4.39 Å². The zero-order valence-electron chi connectivity index (χ0n) is 20.8. The normalized spacial score (nSPS) is 15.7. The number of anilines is 2. The van der Waals surface area contributed by atoms with Crippen molar-refractivity contribution in [3.8, 4) is 28.7 Å². The quantitative estimate of drug-likeness (QED) is 0.403. The van der Waals surface area contributed by atoms with Gasteiger partial charge in [-0.15, -0.1) is 0 Å². The van der Waals surface area contributed by atoms with Gasteiger partial charge in [0.25, 0.3) is 0 Å². The molecule has 0 atom stereocenters. The van der Waals surface area contributed by atoms with Crippen molar-refractivity contribution in [3.05, 3.63) is 42.1 Å². The van der Waals surface area contributed by atoms with E-state index in [4.69, 9.17) is 9.47 Å². The molecular formula is C27H28FN5O3. The Labute approximate surface area is 209 Å². The molecule has 4 heterocycles. The monoisotopic (exact) mass is 489 g/mol. The van der Waals surface area contributed by atoms with Crippen LogP contribution in [0.5, 0.6) is 5.75 Å². The average Bonchev–Trinajstić information content (AvgIpc) is 2.98. The number of likely N-dealkylation sites (N-methyl/N-ethyl adjacent to an activating group) is 1. The molecule has 0 aliphatic carbocycles. The Balaban J connectivity index is 1.65. The summed E-state index contributed by atoms with van der Waals surface area (Å²) in [4.78, 5) is 26.2. The number of hydrogen-bond donors (Lipinski definition) is 0. The lowest BCUT2D eigenvalue weighted by molar-refractivity contribution is -0.107. The van der Waals surface area contributed by atoms with Gasteiger partial charge in [0.05, 0.1) is 47.3 Å².